The third-order valence-corrected chi connectivity index (χ3v) is 6.23. The molecule has 4 rings (SSSR count). The van der Waals surface area contributed by atoms with Crippen LogP contribution in [0.5, 0.6) is 11.5 Å². The van der Waals surface area contributed by atoms with E-state index in [2.05, 4.69) is 0 Å². The number of nitrogens with zero attached hydrogens (tertiary/aromatic N) is 2. The molecule has 0 spiro atoms. The van der Waals surface area contributed by atoms with Gasteiger partial charge in [-0.25, -0.2) is 9.18 Å². The number of carbonyl (C=O) groups excluding carboxylic acids is 1. The smallest absolute Gasteiger partial charge is 0.325 e. The molecule has 3 aromatic carbocycles. The van der Waals surface area contributed by atoms with Crippen LogP contribution in [0, 0.1) is 5.82 Å². The first-order chi connectivity index (χ1) is 15.9. The SMILES string of the molecule is COc1ccc([C@@H]2C(CC[C@H](O)c3ccc(F)cc3)N(C)C(=O)N2c2ccccc2)c(O)c1. The van der Waals surface area contributed by atoms with Crippen molar-refractivity contribution in [3.8, 4) is 11.5 Å². The number of para-hydroxylation sites is 1. The fourth-order valence-electron chi connectivity index (χ4n) is 4.45. The van der Waals surface area contributed by atoms with Gasteiger partial charge in [0.1, 0.15) is 17.3 Å². The minimum absolute atomic E-state index is 0.0347. The highest BCUT2D eigenvalue weighted by molar-refractivity contribution is 5.95. The summed E-state index contributed by atoms with van der Waals surface area (Å²) < 4.78 is 18.5. The Balaban J connectivity index is 1.67. The largest absolute Gasteiger partial charge is 0.507 e. The Kier molecular flexibility index (Phi) is 6.51. The van der Waals surface area contributed by atoms with Gasteiger partial charge in [0.05, 0.1) is 25.3 Å². The van der Waals surface area contributed by atoms with Gasteiger partial charge >= 0.3 is 6.03 Å². The van der Waals surface area contributed by atoms with Gasteiger partial charge in [0.2, 0.25) is 0 Å². The number of hydrogen-bond donors (Lipinski definition) is 2. The topological polar surface area (TPSA) is 73.2 Å². The molecule has 0 saturated carbocycles. The third kappa shape index (κ3) is 4.50. The number of carbonyl (C=O) groups is 1. The number of halogens is 1. The van der Waals surface area contributed by atoms with Gasteiger partial charge in [-0.3, -0.25) is 4.90 Å². The molecule has 3 aromatic rings. The second kappa shape index (κ2) is 9.50. The fourth-order valence-corrected chi connectivity index (χ4v) is 4.45. The van der Waals surface area contributed by atoms with Crippen LogP contribution in [0.25, 0.3) is 0 Å². The summed E-state index contributed by atoms with van der Waals surface area (Å²) in [6, 6.07) is 19.2. The van der Waals surface area contributed by atoms with Crippen molar-refractivity contribution < 1.29 is 24.1 Å². The van der Waals surface area contributed by atoms with Gasteiger partial charge in [0.15, 0.2) is 0 Å². The zero-order valence-corrected chi connectivity index (χ0v) is 18.6. The molecule has 6 nitrogen and oxygen atoms in total. The number of likely N-dealkylation sites (N-methyl/N-ethyl adjacent to an activating group) is 1. The molecule has 0 aliphatic carbocycles. The molecule has 0 bridgehead atoms. The van der Waals surface area contributed by atoms with E-state index in [4.69, 9.17) is 4.74 Å². The minimum Gasteiger partial charge on any atom is -0.507 e. The van der Waals surface area contributed by atoms with Crippen LogP contribution in [0.2, 0.25) is 0 Å². The zero-order valence-electron chi connectivity index (χ0n) is 18.6. The lowest BCUT2D eigenvalue weighted by Gasteiger charge is -2.29. The lowest BCUT2D eigenvalue weighted by molar-refractivity contribution is 0.148. The van der Waals surface area contributed by atoms with E-state index in [0.717, 1.165) is 5.69 Å². The van der Waals surface area contributed by atoms with Crippen molar-refractivity contribution in [3.05, 3.63) is 89.7 Å². The number of benzene rings is 3. The van der Waals surface area contributed by atoms with Gasteiger partial charge < -0.3 is 19.8 Å². The molecule has 3 atom stereocenters. The maximum Gasteiger partial charge on any atom is 0.325 e. The normalized spacial score (nSPS) is 19.1. The van der Waals surface area contributed by atoms with Crippen LogP contribution in [0.15, 0.2) is 72.8 Å². The molecule has 2 N–H and O–H groups in total. The molecule has 0 radical (unpaired) electrons. The number of amides is 2. The summed E-state index contributed by atoms with van der Waals surface area (Å²) in [6.07, 6.45) is 0.0366. The first-order valence-electron chi connectivity index (χ1n) is 10.8. The van der Waals surface area contributed by atoms with Gasteiger partial charge in [-0.1, -0.05) is 30.3 Å². The number of hydrogen-bond acceptors (Lipinski definition) is 4. The monoisotopic (exact) mass is 450 g/mol. The number of aliphatic hydroxyl groups is 1. The van der Waals surface area contributed by atoms with E-state index in [-0.39, 0.29) is 23.6 Å². The molecule has 1 aliphatic rings. The lowest BCUT2D eigenvalue weighted by Crippen LogP contribution is -2.31. The number of rotatable bonds is 7. The molecule has 1 heterocycles. The average molecular weight is 451 g/mol. The number of methoxy groups -OCH3 is 1. The first-order valence-corrected chi connectivity index (χ1v) is 10.8. The second-order valence-electron chi connectivity index (χ2n) is 8.18. The summed E-state index contributed by atoms with van der Waals surface area (Å²) in [5.41, 5.74) is 1.93. The molecule has 1 saturated heterocycles. The summed E-state index contributed by atoms with van der Waals surface area (Å²) in [6.45, 7) is 0. The molecule has 1 aliphatic heterocycles. The van der Waals surface area contributed by atoms with Crippen LogP contribution in [0.4, 0.5) is 14.9 Å². The highest BCUT2D eigenvalue weighted by Gasteiger charge is 2.46. The summed E-state index contributed by atoms with van der Waals surface area (Å²) in [7, 11) is 3.25. The molecule has 1 fully saturated rings. The number of ether oxygens (including phenoxy) is 1. The number of urea groups is 1. The fraction of sp³-hybridized carbons (Fsp3) is 0.269. The van der Waals surface area contributed by atoms with E-state index in [0.29, 0.717) is 29.7 Å². The number of phenols is 1. The Labute approximate surface area is 192 Å². The van der Waals surface area contributed by atoms with Crippen molar-refractivity contribution in [2.24, 2.45) is 0 Å². The number of phenolic OH excluding ortho intramolecular Hbond substituents is 1. The van der Waals surface area contributed by atoms with E-state index in [1.54, 1.807) is 41.1 Å². The number of aromatic hydroxyl groups is 1. The lowest BCUT2D eigenvalue weighted by atomic mass is 9.92. The van der Waals surface area contributed by atoms with Crippen LogP contribution in [-0.2, 0) is 0 Å². The first kappa shape index (κ1) is 22.6. The Morgan fingerprint density at radius 3 is 2.39 bits per heavy atom. The van der Waals surface area contributed by atoms with Crippen molar-refractivity contribution in [2.45, 2.75) is 31.0 Å². The highest BCUT2D eigenvalue weighted by atomic mass is 19.1. The van der Waals surface area contributed by atoms with Crippen molar-refractivity contribution in [1.29, 1.82) is 0 Å². The molecule has 172 valence electrons. The molecule has 2 amide bonds. The maximum atomic E-state index is 13.3. The molecular weight excluding hydrogens is 423 g/mol. The Bertz CT molecular complexity index is 1110. The quantitative estimate of drug-likeness (QED) is 0.529. The van der Waals surface area contributed by atoms with E-state index in [1.165, 1.54) is 25.3 Å². The molecule has 0 aromatic heterocycles. The summed E-state index contributed by atoms with van der Waals surface area (Å²) in [5, 5.41) is 21.5. The van der Waals surface area contributed by atoms with Gasteiger partial charge in [0, 0.05) is 24.4 Å². The third-order valence-electron chi connectivity index (χ3n) is 6.23. The predicted molar refractivity (Wildman–Crippen MR) is 124 cm³/mol. The van der Waals surface area contributed by atoms with E-state index < -0.39 is 12.1 Å². The zero-order chi connectivity index (χ0) is 23.5. The molecule has 1 unspecified atom stereocenters. The van der Waals surface area contributed by atoms with Crippen molar-refractivity contribution >= 4 is 11.7 Å². The summed E-state index contributed by atoms with van der Waals surface area (Å²) >= 11 is 0. The standard InChI is InChI=1S/C26H27FN2O4/c1-28-22(14-15-23(30)17-8-10-18(27)11-9-17)25(21-13-12-20(33-2)16-24(21)31)29(26(28)32)19-6-4-3-5-7-19/h3-13,16,22-23,25,30-31H,14-15H2,1-2H3/t22?,23-,25+/m0/s1. The second-order valence-corrected chi connectivity index (χ2v) is 8.18. The number of aliphatic hydroxyl groups excluding tert-OH is 1. The van der Waals surface area contributed by atoms with Gasteiger partial charge in [0.25, 0.3) is 0 Å². The van der Waals surface area contributed by atoms with E-state index in [1.807, 2.05) is 30.3 Å². The minimum atomic E-state index is -0.801. The predicted octanol–water partition coefficient (Wildman–Crippen LogP) is 5.04. The van der Waals surface area contributed by atoms with E-state index in [9.17, 15) is 19.4 Å². The van der Waals surface area contributed by atoms with Gasteiger partial charge in [-0.2, -0.15) is 0 Å². The Hall–Kier alpha value is -3.58. The van der Waals surface area contributed by atoms with Crippen molar-refractivity contribution in [1.82, 2.24) is 4.90 Å². The number of anilines is 1. The average Bonchev–Trinajstić information content (AvgIpc) is 3.08. The highest BCUT2D eigenvalue weighted by Crippen LogP contribution is 2.44. The Morgan fingerprint density at radius 1 is 1.06 bits per heavy atom. The van der Waals surface area contributed by atoms with Crippen LogP contribution in [-0.4, -0.2) is 41.3 Å². The molecular formula is C26H27FN2O4. The van der Waals surface area contributed by atoms with Crippen LogP contribution in [0.1, 0.15) is 36.1 Å². The Morgan fingerprint density at radius 2 is 1.76 bits per heavy atom. The molecule has 7 heteroatoms. The van der Waals surface area contributed by atoms with Crippen LogP contribution < -0.4 is 9.64 Å². The van der Waals surface area contributed by atoms with Gasteiger partial charge in [-0.15, -0.1) is 0 Å². The van der Waals surface area contributed by atoms with E-state index >= 15 is 0 Å². The van der Waals surface area contributed by atoms with Crippen LogP contribution in [0.3, 0.4) is 0 Å². The van der Waals surface area contributed by atoms with Crippen molar-refractivity contribution in [2.75, 3.05) is 19.1 Å². The summed E-state index contributed by atoms with van der Waals surface area (Å²) in [5.74, 6) is 0.191. The van der Waals surface area contributed by atoms with Crippen molar-refractivity contribution in [3.63, 3.8) is 0 Å². The summed E-state index contributed by atoms with van der Waals surface area (Å²) in [4.78, 5) is 16.7. The van der Waals surface area contributed by atoms with Crippen LogP contribution >= 0.6 is 0 Å². The molecule has 33 heavy (non-hydrogen) atoms. The van der Waals surface area contributed by atoms with Gasteiger partial charge in [-0.05, 0) is 54.8 Å². The maximum absolute atomic E-state index is 13.3.